The predicted octanol–water partition coefficient (Wildman–Crippen LogP) is 0.487. The first-order valence-corrected chi connectivity index (χ1v) is 4.14. The van der Waals surface area contributed by atoms with Crippen molar-refractivity contribution in [2.75, 3.05) is 14.1 Å². The van der Waals surface area contributed by atoms with Gasteiger partial charge in [-0.1, -0.05) is 12.1 Å². The van der Waals surface area contributed by atoms with Crippen LogP contribution in [0.1, 0.15) is 20.7 Å². The molecule has 0 radical (unpaired) electrons. The summed E-state index contributed by atoms with van der Waals surface area (Å²) in [6, 6.07) is 6.50. The van der Waals surface area contributed by atoms with E-state index in [1.807, 2.05) is 0 Å². The Hall–Kier alpha value is -1.84. The summed E-state index contributed by atoms with van der Waals surface area (Å²) < 4.78 is 0. The van der Waals surface area contributed by atoms with Gasteiger partial charge in [-0.15, -0.1) is 0 Å². The van der Waals surface area contributed by atoms with E-state index in [4.69, 9.17) is 5.73 Å². The molecule has 4 nitrogen and oxygen atoms in total. The van der Waals surface area contributed by atoms with Gasteiger partial charge < -0.3 is 10.6 Å². The second-order valence-electron chi connectivity index (χ2n) is 3.11. The van der Waals surface area contributed by atoms with Crippen LogP contribution in [0.4, 0.5) is 0 Å². The largest absolute Gasteiger partial charge is 0.366 e. The van der Waals surface area contributed by atoms with E-state index >= 15 is 0 Å². The molecule has 0 saturated heterocycles. The number of nitrogens with zero attached hydrogens (tertiary/aromatic N) is 1. The maximum absolute atomic E-state index is 11.6. The van der Waals surface area contributed by atoms with Crippen molar-refractivity contribution in [2.24, 2.45) is 5.73 Å². The molecular formula is C10H12N2O2. The molecule has 2 amide bonds. The number of hydrogen-bond donors (Lipinski definition) is 1. The van der Waals surface area contributed by atoms with Crippen LogP contribution in [0.3, 0.4) is 0 Å². The molecule has 0 spiro atoms. The highest BCUT2D eigenvalue weighted by Gasteiger charge is 2.15. The molecule has 1 aromatic carbocycles. The number of nitrogens with two attached hydrogens (primary N) is 1. The van der Waals surface area contributed by atoms with Crippen molar-refractivity contribution < 1.29 is 9.59 Å². The number of carbonyl (C=O) groups is 2. The van der Waals surface area contributed by atoms with Gasteiger partial charge in [0.2, 0.25) is 5.91 Å². The smallest absolute Gasteiger partial charge is 0.254 e. The second-order valence-corrected chi connectivity index (χ2v) is 3.11. The molecule has 0 heterocycles. The number of rotatable bonds is 2. The Morgan fingerprint density at radius 3 is 2.07 bits per heavy atom. The molecule has 0 aliphatic rings. The number of primary amides is 1. The highest BCUT2D eigenvalue weighted by molar-refractivity contribution is 6.06. The van der Waals surface area contributed by atoms with Gasteiger partial charge in [0.25, 0.3) is 5.91 Å². The minimum atomic E-state index is -0.587. The van der Waals surface area contributed by atoms with Crippen LogP contribution < -0.4 is 5.73 Å². The van der Waals surface area contributed by atoms with Crippen LogP contribution >= 0.6 is 0 Å². The Labute approximate surface area is 82.3 Å². The summed E-state index contributed by atoms with van der Waals surface area (Å²) in [5, 5.41) is 0. The summed E-state index contributed by atoms with van der Waals surface area (Å²) in [7, 11) is 3.25. The third-order valence-corrected chi connectivity index (χ3v) is 1.83. The van der Waals surface area contributed by atoms with Crippen molar-refractivity contribution in [1.82, 2.24) is 4.90 Å². The molecule has 4 heteroatoms. The molecule has 0 aliphatic carbocycles. The van der Waals surface area contributed by atoms with Crippen molar-refractivity contribution in [1.29, 1.82) is 0 Å². The van der Waals surface area contributed by atoms with Gasteiger partial charge in [0.05, 0.1) is 11.1 Å². The average Bonchev–Trinajstić information content (AvgIpc) is 2.16. The van der Waals surface area contributed by atoms with Gasteiger partial charge in [-0.05, 0) is 12.1 Å². The average molecular weight is 192 g/mol. The van der Waals surface area contributed by atoms with Gasteiger partial charge in [-0.2, -0.15) is 0 Å². The van der Waals surface area contributed by atoms with Gasteiger partial charge in [-0.25, -0.2) is 0 Å². The fourth-order valence-electron chi connectivity index (χ4n) is 1.13. The van der Waals surface area contributed by atoms with Gasteiger partial charge in [0, 0.05) is 14.1 Å². The predicted molar refractivity (Wildman–Crippen MR) is 53.0 cm³/mol. The van der Waals surface area contributed by atoms with E-state index in [9.17, 15) is 9.59 Å². The molecule has 0 aromatic heterocycles. The van der Waals surface area contributed by atoms with Gasteiger partial charge in [-0.3, -0.25) is 9.59 Å². The number of benzene rings is 1. The van der Waals surface area contributed by atoms with Crippen LogP contribution in [-0.4, -0.2) is 30.8 Å². The normalized spacial score (nSPS) is 9.57. The van der Waals surface area contributed by atoms with Crippen LogP contribution in [0.2, 0.25) is 0 Å². The summed E-state index contributed by atoms with van der Waals surface area (Å²) in [5.41, 5.74) is 5.74. The molecule has 0 fully saturated rings. The van der Waals surface area contributed by atoms with Crippen LogP contribution in [0, 0.1) is 0 Å². The number of amides is 2. The Kier molecular flexibility index (Phi) is 2.86. The quantitative estimate of drug-likeness (QED) is 0.741. The first kappa shape index (κ1) is 10.2. The molecule has 0 bridgehead atoms. The Morgan fingerprint density at radius 2 is 1.64 bits per heavy atom. The summed E-state index contributed by atoms with van der Waals surface area (Å²) in [4.78, 5) is 24.0. The van der Waals surface area contributed by atoms with Gasteiger partial charge in [0.1, 0.15) is 0 Å². The summed E-state index contributed by atoms with van der Waals surface area (Å²) in [6.07, 6.45) is 0. The highest BCUT2D eigenvalue weighted by atomic mass is 16.2. The molecule has 1 rings (SSSR count). The summed E-state index contributed by atoms with van der Waals surface area (Å²) in [5.74, 6) is -0.810. The molecule has 74 valence electrons. The molecular weight excluding hydrogens is 180 g/mol. The first-order valence-electron chi connectivity index (χ1n) is 4.14. The van der Waals surface area contributed by atoms with Crippen molar-refractivity contribution in [3.8, 4) is 0 Å². The Morgan fingerprint density at radius 1 is 1.14 bits per heavy atom. The third-order valence-electron chi connectivity index (χ3n) is 1.83. The van der Waals surface area contributed by atoms with Crippen LogP contribution in [0.25, 0.3) is 0 Å². The molecule has 0 atom stereocenters. The van der Waals surface area contributed by atoms with E-state index in [2.05, 4.69) is 0 Å². The van der Waals surface area contributed by atoms with Crippen molar-refractivity contribution in [2.45, 2.75) is 0 Å². The topological polar surface area (TPSA) is 63.4 Å². The fraction of sp³-hybridized carbons (Fsp3) is 0.200. The lowest BCUT2D eigenvalue weighted by Crippen LogP contribution is -2.25. The minimum Gasteiger partial charge on any atom is -0.366 e. The molecule has 1 aromatic rings. The van der Waals surface area contributed by atoms with Crippen LogP contribution in [0.15, 0.2) is 24.3 Å². The van der Waals surface area contributed by atoms with E-state index in [1.165, 1.54) is 4.90 Å². The maximum Gasteiger partial charge on any atom is 0.254 e. The number of hydrogen-bond acceptors (Lipinski definition) is 2. The Bertz CT molecular complexity index is 372. The Balaban J connectivity index is 3.20. The van der Waals surface area contributed by atoms with Gasteiger partial charge in [0.15, 0.2) is 0 Å². The monoisotopic (exact) mass is 192 g/mol. The van der Waals surface area contributed by atoms with E-state index in [-0.39, 0.29) is 11.5 Å². The minimum absolute atomic E-state index is 0.223. The van der Waals surface area contributed by atoms with Gasteiger partial charge >= 0.3 is 0 Å². The second kappa shape index (κ2) is 3.91. The zero-order chi connectivity index (χ0) is 10.7. The lowest BCUT2D eigenvalue weighted by atomic mass is 10.1. The van der Waals surface area contributed by atoms with Crippen molar-refractivity contribution in [3.63, 3.8) is 0 Å². The number of carbonyl (C=O) groups excluding carboxylic acids is 2. The maximum atomic E-state index is 11.6. The van der Waals surface area contributed by atoms with E-state index in [1.54, 1.807) is 38.4 Å². The molecule has 0 aliphatic heterocycles. The van der Waals surface area contributed by atoms with Crippen molar-refractivity contribution in [3.05, 3.63) is 35.4 Å². The van der Waals surface area contributed by atoms with E-state index in [0.29, 0.717) is 5.56 Å². The van der Waals surface area contributed by atoms with E-state index in [0.717, 1.165) is 0 Å². The summed E-state index contributed by atoms with van der Waals surface area (Å²) in [6.45, 7) is 0. The standard InChI is InChI=1S/C10H12N2O2/c1-12(2)10(14)8-6-4-3-5-7(8)9(11)13/h3-6H,1-2H3,(H2,11,13). The lowest BCUT2D eigenvalue weighted by Gasteiger charge is -2.12. The zero-order valence-electron chi connectivity index (χ0n) is 8.15. The first-order chi connectivity index (χ1) is 6.54. The molecule has 14 heavy (non-hydrogen) atoms. The zero-order valence-corrected chi connectivity index (χ0v) is 8.15. The van der Waals surface area contributed by atoms with E-state index < -0.39 is 5.91 Å². The highest BCUT2D eigenvalue weighted by Crippen LogP contribution is 2.09. The lowest BCUT2D eigenvalue weighted by molar-refractivity contribution is 0.0821. The van der Waals surface area contributed by atoms with Crippen molar-refractivity contribution >= 4 is 11.8 Å². The molecule has 0 unspecified atom stereocenters. The molecule has 2 N–H and O–H groups in total. The summed E-state index contributed by atoms with van der Waals surface area (Å²) >= 11 is 0. The fourth-order valence-corrected chi connectivity index (χ4v) is 1.13. The van der Waals surface area contributed by atoms with Crippen LogP contribution in [-0.2, 0) is 0 Å². The third kappa shape index (κ3) is 1.90. The van der Waals surface area contributed by atoms with Crippen LogP contribution in [0.5, 0.6) is 0 Å². The SMILES string of the molecule is CN(C)C(=O)c1ccccc1C(N)=O. The molecule has 0 saturated carbocycles.